The highest BCUT2D eigenvalue weighted by molar-refractivity contribution is 6.06. The average molecular weight is 384 g/mol. The molecule has 4 heterocycles. The zero-order valence-corrected chi connectivity index (χ0v) is 15.6. The van der Waals surface area contributed by atoms with Gasteiger partial charge in [-0.25, -0.2) is 4.79 Å². The number of amides is 3. The van der Waals surface area contributed by atoms with Crippen LogP contribution in [0.15, 0.2) is 30.5 Å². The summed E-state index contributed by atoms with van der Waals surface area (Å²) in [5.41, 5.74) is 1.87. The third kappa shape index (κ3) is 3.07. The first-order valence-electron chi connectivity index (χ1n) is 9.84. The summed E-state index contributed by atoms with van der Waals surface area (Å²) in [7, 11) is 0. The van der Waals surface area contributed by atoms with Crippen molar-refractivity contribution in [3.63, 3.8) is 0 Å². The lowest BCUT2D eigenvalue weighted by atomic mass is 10.0. The topological polar surface area (TPSA) is 84.8 Å². The lowest BCUT2D eigenvalue weighted by Gasteiger charge is -2.43. The number of carbonyl (C=O) groups is 2. The normalized spacial score (nSPS) is 23.4. The molecule has 1 aromatic heterocycles. The number of imide groups is 1. The van der Waals surface area contributed by atoms with Crippen LogP contribution in [0.3, 0.4) is 0 Å². The molecule has 3 aliphatic rings. The van der Waals surface area contributed by atoms with Crippen molar-refractivity contribution in [3.8, 4) is 0 Å². The number of nitrogens with zero attached hydrogens (tertiary/aromatic N) is 2. The number of ether oxygens (including phenoxy) is 2. The summed E-state index contributed by atoms with van der Waals surface area (Å²) < 4.78 is 14.5. The molecule has 0 unspecified atom stereocenters. The quantitative estimate of drug-likeness (QED) is 0.824. The Hall–Kier alpha value is -2.42. The molecule has 1 spiro atoms. The molecule has 2 aromatic rings. The maximum atomic E-state index is 12.1. The number of hydrogen-bond donors (Lipinski definition) is 2. The van der Waals surface area contributed by atoms with Crippen LogP contribution in [0.5, 0.6) is 0 Å². The van der Waals surface area contributed by atoms with E-state index >= 15 is 0 Å². The van der Waals surface area contributed by atoms with E-state index in [-0.39, 0.29) is 18.0 Å². The van der Waals surface area contributed by atoms with Crippen molar-refractivity contribution in [3.05, 3.63) is 30.5 Å². The predicted octanol–water partition coefficient (Wildman–Crippen LogP) is 1.76. The van der Waals surface area contributed by atoms with Gasteiger partial charge in [-0.2, -0.15) is 0 Å². The zero-order valence-electron chi connectivity index (χ0n) is 15.6. The van der Waals surface area contributed by atoms with Gasteiger partial charge in [0.2, 0.25) is 5.91 Å². The van der Waals surface area contributed by atoms with Crippen LogP contribution in [-0.2, 0) is 14.3 Å². The minimum Gasteiger partial charge on any atom is -0.348 e. The highest BCUT2D eigenvalue weighted by Gasteiger charge is 2.39. The van der Waals surface area contributed by atoms with Crippen LogP contribution in [0.2, 0.25) is 0 Å². The number of aromatic nitrogens is 1. The van der Waals surface area contributed by atoms with E-state index in [1.807, 2.05) is 30.5 Å². The van der Waals surface area contributed by atoms with Crippen molar-refractivity contribution < 1.29 is 19.1 Å². The standard InChI is InChI=1S/C20H24N4O4/c25-18-4-10-24(19(26)22-18)15-1-2-17-14(11-15)3-9-23(17)16-12-27-20(28-13-16)5-7-21-8-6-20/h1-3,9,11,16,21H,4-8,10,12-13H2,(H,22,25,26). The van der Waals surface area contributed by atoms with E-state index in [0.29, 0.717) is 26.2 Å². The summed E-state index contributed by atoms with van der Waals surface area (Å²) in [6.07, 6.45) is 4.14. The van der Waals surface area contributed by atoms with E-state index < -0.39 is 5.79 Å². The fourth-order valence-electron chi connectivity index (χ4n) is 4.29. The molecule has 0 aliphatic carbocycles. The molecule has 2 N–H and O–H groups in total. The van der Waals surface area contributed by atoms with Gasteiger partial charge >= 0.3 is 6.03 Å². The number of anilines is 1. The largest absolute Gasteiger partial charge is 0.348 e. The summed E-state index contributed by atoms with van der Waals surface area (Å²) in [6, 6.07) is 7.73. The number of carbonyl (C=O) groups excluding carboxylic acids is 2. The van der Waals surface area contributed by atoms with Crippen molar-refractivity contribution >= 4 is 28.5 Å². The Morgan fingerprint density at radius 1 is 1.07 bits per heavy atom. The first-order valence-corrected chi connectivity index (χ1v) is 9.84. The van der Waals surface area contributed by atoms with Crippen LogP contribution < -0.4 is 15.5 Å². The van der Waals surface area contributed by atoms with E-state index in [1.165, 1.54) is 0 Å². The van der Waals surface area contributed by atoms with Gasteiger partial charge in [-0.1, -0.05) is 0 Å². The van der Waals surface area contributed by atoms with Gasteiger partial charge in [0.1, 0.15) is 0 Å². The van der Waals surface area contributed by atoms with Crippen molar-refractivity contribution in [2.45, 2.75) is 31.1 Å². The fraction of sp³-hybridized carbons (Fsp3) is 0.500. The second-order valence-electron chi connectivity index (χ2n) is 7.66. The highest BCUT2D eigenvalue weighted by Crippen LogP contribution is 2.33. The van der Waals surface area contributed by atoms with Crippen LogP contribution in [-0.4, -0.2) is 55.1 Å². The van der Waals surface area contributed by atoms with Gasteiger partial charge in [0, 0.05) is 61.7 Å². The van der Waals surface area contributed by atoms with E-state index in [1.54, 1.807) is 4.90 Å². The molecule has 0 saturated carbocycles. The molecule has 8 nitrogen and oxygen atoms in total. The smallest absolute Gasteiger partial charge is 0.328 e. The Bertz CT molecular complexity index is 908. The van der Waals surface area contributed by atoms with Crippen molar-refractivity contribution in [2.75, 3.05) is 37.7 Å². The van der Waals surface area contributed by atoms with Gasteiger partial charge < -0.3 is 19.4 Å². The molecule has 3 fully saturated rings. The average Bonchev–Trinajstić information content (AvgIpc) is 3.12. The third-order valence-corrected chi connectivity index (χ3v) is 5.91. The molecule has 148 valence electrons. The SMILES string of the molecule is O=C1CCN(c2ccc3c(ccn3C3COC4(CCNCC4)OC3)c2)C(=O)N1. The molecule has 3 aliphatic heterocycles. The maximum absolute atomic E-state index is 12.1. The number of benzene rings is 1. The van der Waals surface area contributed by atoms with Gasteiger partial charge in [0.25, 0.3) is 0 Å². The number of nitrogens with one attached hydrogen (secondary N) is 2. The van der Waals surface area contributed by atoms with Gasteiger partial charge in [0.15, 0.2) is 5.79 Å². The molecule has 8 heteroatoms. The number of rotatable bonds is 2. The van der Waals surface area contributed by atoms with Crippen LogP contribution in [0.4, 0.5) is 10.5 Å². The lowest BCUT2D eigenvalue weighted by Crippen LogP contribution is -2.50. The molecule has 0 radical (unpaired) electrons. The van der Waals surface area contributed by atoms with Crippen molar-refractivity contribution in [1.29, 1.82) is 0 Å². The van der Waals surface area contributed by atoms with E-state index in [2.05, 4.69) is 15.2 Å². The van der Waals surface area contributed by atoms with E-state index in [0.717, 1.165) is 42.5 Å². The van der Waals surface area contributed by atoms with E-state index in [9.17, 15) is 9.59 Å². The zero-order chi connectivity index (χ0) is 19.1. The van der Waals surface area contributed by atoms with Crippen molar-refractivity contribution in [2.24, 2.45) is 0 Å². The number of fused-ring (bicyclic) bond motifs is 1. The summed E-state index contributed by atoms with van der Waals surface area (Å²) in [5.74, 6) is -0.644. The Kier molecular flexibility index (Phi) is 4.34. The summed E-state index contributed by atoms with van der Waals surface area (Å²) in [6.45, 7) is 3.51. The molecule has 0 bridgehead atoms. The first kappa shape index (κ1) is 17.7. The fourth-order valence-corrected chi connectivity index (χ4v) is 4.29. The number of piperidine rings is 1. The molecular weight excluding hydrogens is 360 g/mol. The summed E-state index contributed by atoms with van der Waals surface area (Å²) in [5, 5.41) is 6.75. The minimum absolute atomic E-state index is 0.125. The number of hydrogen-bond acceptors (Lipinski definition) is 5. The second-order valence-corrected chi connectivity index (χ2v) is 7.66. The van der Waals surface area contributed by atoms with Crippen LogP contribution in [0.1, 0.15) is 25.3 Å². The Morgan fingerprint density at radius 3 is 2.61 bits per heavy atom. The Labute approximate surface area is 162 Å². The van der Waals surface area contributed by atoms with Gasteiger partial charge in [-0.15, -0.1) is 0 Å². The molecule has 3 amide bonds. The third-order valence-electron chi connectivity index (χ3n) is 5.91. The van der Waals surface area contributed by atoms with Crippen LogP contribution >= 0.6 is 0 Å². The lowest BCUT2D eigenvalue weighted by molar-refractivity contribution is -0.288. The monoisotopic (exact) mass is 384 g/mol. The summed E-state index contributed by atoms with van der Waals surface area (Å²) >= 11 is 0. The minimum atomic E-state index is -0.420. The van der Waals surface area contributed by atoms with Gasteiger partial charge in [0.05, 0.1) is 19.3 Å². The first-order chi connectivity index (χ1) is 13.6. The Balaban J connectivity index is 1.34. The van der Waals surface area contributed by atoms with Gasteiger partial charge in [-0.05, 0) is 24.3 Å². The molecule has 3 saturated heterocycles. The van der Waals surface area contributed by atoms with Crippen LogP contribution in [0.25, 0.3) is 10.9 Å². The summed E-state index contributed by atoms with van der Waals surface area (Å²) in [4.78, 5) is 25.1. The van der Waals surface area contributed by atoms with E-state index in [4.69, 9.17) is 9.47 Å². The molecule has 0 atom stereocenters. The number of urea groups is 1. The Morgan fingerprint density at radius 2 is 1.86 bits per heavy atom. The molecule has 28 heavy (non-hydrogen) atoms. The van der Waals surface area contributed by atoms with Crippen LogP contribution in [0, 0.1) is 0 Å². The highest BCUT2D eigenvalue weighted by atomic mass is 16.7. The maximum Gasteiger partial charge on any atom is 0.328 e. The van der Waals surface area contributed by atoms with Crippen molar-refractivity contribution in [1.82, 2.24) is 15.2 Å². The van der Waals surface area contributed by atoms with Gasteiger partial charge in [-0.3, -0.25) is 15.0 Å². The molecule has 1 aromatic carbocycles. The predicted molar refractivity (Wildman–Crippen MR) is 103 cm³/mol. The second kappa shape index (κ2) is 6.88. The molecule has 5 rings (SSSR count). The molecular formula is C20H24N4O4.